The first-order valence-electron chi connectivity index (χ1n) is 9.65. The van der Waals surface area contributed by atoms with E-state index >= 15 is 0 Å². The zero-order valence-corrected chi connectivity index (χ0v) is 18.3. The molecule has 4 rings (SSSR count). The Bertz CT molecular complexity index is 953. The molecule has 1 aromatic carbocycles. The minimum Gasteiger partial charge on any atom is -0.381 e. The first kappa shape index (κ1) is 21.4. The van der Waals surface area contributed by atoms with Gasteiger partial charge in [-0.2, -0.15) is 9.61 Å². The lowest BCUT2D eigenvalue weighted by atomic mass is 10.1. The summed E-state index contributed by atoms with van der Waals surface area (Å²) in [6.07, 6.45) is 3.66. The quantitative estimate of drug-likeness (QED) is 0.434. The molecule has 0 spiro atoms. The Hall–Kier alpha value is -2.29. The molecule has 2 N–H and O–H groups in total. The third-order valence-corrected chi connectivity index (χ3v) is 5.25. The molecule has 0 saturated carbocycles. The second kappa shape index (κ2) is 10.5. The van der Waals surface area contributed by atoms with E-state index in [9.17, 15) is 4.79 Å². The topological polar surface area (TPSA) is 80.5 Å². The number of likely N-dealkylation sites (N-methyl/N-ethyl adjacent to an activating group) is 1. The standard InChI is InChI=1S/C16H18BrN5.C5H8O2/c1-11-5-3-4-6-12(11)14-9-15(19-8-7-18-2)22-16(21-14)13(17)10-20-22;6-3-5-1-2-7-4-5/h3-6,9-10,18-19H,7-8H2,1-2H3;3,5H,1-2,4H2. The number of benzene rings is 1. The number of aldehydes is 1. The van der Waals surface area contributed by atoms with Crippen LogP contribution < -0.4 is 10.6 Å². The van der Waals surface area contributed by atoms with Crippen LogP contribution in [0.4, 0.5) is 5.82 Å². The van der Waals surface area contributed by atoms with Gasteiger partial charge < -0.3 is 20.2 Å². The lowest BCUT2D eigenvalue weighted by Gasteiger charge is -2.11. The Morgan fingerprint density at radius 2 is 2.17 bits per heavy atom. The summed E-state index contributed by atoms with van der Waals surface area (Å²) in [5.74, 6) is 1.13. The van der Waals surface area contributed by atoms with E-state index in [-0.39, 0.29) is 5.92 Å². The van der Waals surface area contributed by atoms with Crippen LogP contribution in [-0.2, 0) is 9.53 Å². The van der Waals surface area contributed by atoms with E-state index in [1.165, 1.54) is 5.56 Å². The van der Waals surface area contributed by atoms with Crippen molar-refractivity contribution in [1.82, 2.24) is 19.9 Å². The number of carbonyl (C=O) groups is 1. The van der Waals surface area contributed by atoms with Crippen LogP contribution in [0.25, 0.3) is 16.9 Å². The summed E-state index contributed by atoms with van der Waals surface area (Å²) in [7, 11) is 1.94. The van der Waals surface area contributed by atoms with Crippen LogP contribution in [0, 0.1) is 12.8 Å². The average Bonchev–Trinajstić information content (AvgIpc) is 3.39. The van der Waals surface area contributed by atoms with Crippen molar-refractivity contribution in [2.24, 2.45) is 5.92 Å². The molecule has 154 valence electrons. The molecule has 1 unspecified atom stereocenters. The van der Waals surface area contributed by atoms with Gasteiger partial charge in [-0.1, -0.05) is 24.3 Å². The van der Waals surface area contributed by atoms with E-state index in [1.807, 2.05) is 29.8 Å². The lowest BCUT2D eigenvalue weighted by Crippen LogP contribution is -2.19. The number of anilines is 1. The highest BCUT2D eigenvalue weighted by atomic mass is 79.9. The number of halogens is 1. The molecular weight excluding hydrogens is 434 g/mol. The van der Waals surface area contributed by atoms with Crippen LogP contribution in [-0.4, -0.2) is 54.2 Å². The first-order chi connectivity index (χ1) is 14.1. The summed E-state index contributed by atoms with van der Waals surface area (Å²) in [6, 6.07) is 10.3. The maximum atomic E-state index is 9.93. The van der Waals surface area contributed by atoms with Crippen LogP contribution >= 0.6 is 15.9 Å². The van der Waals surface area contributed by atoms with Gasteiger partial charge in [0.25, 0.3) is 0 Å². The van der Waals surface area contributed by atoms with Crippen molar-refractivity contribution >= 4 is 33.7 Å². The summed E-state index contributed by atoms with van der Waals surface area (Å²) in [5.41, 5.74) is 4.09. The number of nitrogens with one attached hydrogen (secondary N) is 2. The molecule has 1 atom stereocenters. The summed E-state index contributed by atoms with van der Waals surface area (Å²) in [5, 5.41) is 10.9. The zero-order valence-electron chi connectivity index (χ0n) is 16.7. The molecule has 0 radical (unpaired) electrons. The highest BCUT2D eigenvalue weighted by Crippen LogP contribution is 2.27. The molecule has 1 saturated heterocycles. The predicted molar refractivity (Wildman–Crippen MR) is 118 cm³/mol. The zero-order chi connectivity index (χ0) is 20.6. The van der Waals surface area contributed by atoms with E-state index in [4.69, 9.17) is 9.72 Å². The molecule has 3 heterocycles. The Labute approximate surface area is 179 Å². The molecule has 8 heteroatoms. The Balaban J connectivity index is 0.000000290. The maximum Gasteiger partial charge on any atom is 0.172 e. The molecule has 0 aliphatic carbocycles. The van der Waals surface area contributed by atoms with E-state index in [1.54, 1.807) is 6.20 Å². The number of carbonyl (C=O) groups excluding carboxylic acids is 1. The van der Waals surface area contributed by atoms with Crippen molar-refractivity contribution in [1.29, 1.82) is 0 Å². The molecule has 3 aromatic rings. The van der Waals surface area contributed by atoms with E-state index in [0.717, 1.165) is 59.6 Å². The number of hydrogen-bond acceptors (Lipinski definition) is 6. The minimum absolute atomic E-state index is 0.194. The number of ether oxygens (including phenoxy) is 1. The highest BCUT2D eigenvalue weighted by molar-refractivity contribution is 9.10. The van der Waals surface area contributed by atoms with Crippen LogP contribution in [0.2, 0.25) is 0 Å². The number of aryl methyl sites for hydroxylation is 1. The van der Waals surface area contributed by atoms with Gasteiger partial charge in [0, 0.05) is 37.2 Å². The van der Waals surface area contributed by atoms with E-state index in [0.29, 0.717) is 6.61 Å². The third kappa shape index (κ3) is 5.41. The maximum absolute atomic E-state index is 9.93. The summed E-state index contributed by atoms with van der Waals surface area (Å²) >= 11 is 3.52. The van der Waals surface area contributed by atoms with Crippen molar-refractivity contribution < 1.29 is 9.53 Å². The van der Waals surface area contributed by atoms with Gasteiger partial charge in [-0.15, -0.1) is 0 Å². The monoisotopic (exact) mass is 459 g/mol. The van der Waals surface area contributed by atoms with Gasteiger partial charge in [0.2, 0.25) is 0 Å². The molecule has 0 bridgehead atoms. The van der Waals surface area contributed by atoms with Crippen LogP contribution in [0.1, 0.15) is 12.0 Å². The van der Waals surface area contributed by atoms with Crippen molar-refractivity contribution in [3.63, 3.8) is 0 Å². The Kier molecular flexibility index (Phi) is 7.74. The Morgan fingerprint density at radius 3 is 2.83 bits per heavy atom. The Morgan fingerprint density at radius 1 is 1.34 bits per heavy atom. The number of aromatic nitrogens is 3. The molecular formula is C21H26BrN5O2. The smallest absolute Gasteiger partial charge is 0.172 e. The van der Waals surface area contributed by atoms with Crippen molar-refractivity contribution in [3.05, 3.63) is 46.6 Å². The fourth-order valence-electron chi connectivity index (χ4n) is 3.04. The first-order valence-corrected chi connectivity index (χ1v) is 10.4. The molecule has 1 aliphatic rings. The van der Waals surface area contributed by atoms with Gasteiger partial charge in [-0.25, -0.2) is 4.98 Å². The van der Waals surface area contributed by atoms with Gasteiger partial charge in [-0.05, 0) is 41.9 Å². The molecule has 2 aromatic heterocycles. The average molecular weight is 460 g/mol. The second-order valence-electron chi connectivity index (χ2n) is 6.86. The molecule has 29 heavy (non-hydrogen) atoms. The van der Waals surface area contributed by atoms with Crippen LogP contribution in [0.3, 0.4) is 0 Å². The van der Waals surface area contributed by atoms with Gasteiger partial charge in [-0.3, -0.25) is 0 Å². The van der Waals surface area contributed by atoms with E-state index < -0.39 is 0 Å². The molecule has 7 nitrogen and oxygen atoms in total. The number of rotatable bonds is 6. The minimum atomic E-state index is 0.194. The van der Waals surface area contributed by atoms with Crippen molar-refractivity contribution in [3.8, 4) is 11.3 Å². The van der Waals surface area contributed by atoms with Crippen LogP contribution in [0.5, 0.6) is 0 Å². The summed E-state index contributed by atoms with van der Waals surface area (Å²) in [6.45, 7) is 5.21. The number of nitrogens with zero attached hydrogens (tertiary/aromatic N) is 3. The second-order valence-corrected chi connectivity index (χ2v) is 7.71. The fraction of sp³-hybridized carbons (Fsp3) is 0.381. The van der Waals surface area contributed by atoms with Gasteiger partial charge >= 0.3 is 0 Å². The SMILES string of the molecule is CNCCNc1cc(-c2ccccc2C)nc2c(Br)cnn12.O=CC1CCOC1. The van der Waals surface area contributed by atoms with Crippen LogP contribution in [0.15, 0.2) is 41.0 Å². The summed E-state index contributed by atoms with van der Waals surface area (Å²) in [4.78, 5) is 14.7. The number of fused-ring (bicyclic) bond motifs is 1. The molecule has 1 fully saturated rings. The number of hydrogen-bond donors (Lipinski definition) is 2. The van der Waals surface area contributed by atoms with Gasteiger partial charge in [0.1, 0.15) is 12.1 Å². The van der Waals surface area contributed by atoms with Gasteiger partial charge in [0.15, 0.2) is 5.65 Å². The normalized spacial score (nSPS) is 15.8. The van der Waals surface area contributed by atoms with E-state index in [2.05, 4.69) is 50.7 Å². The van der Waals surface area contributed by atoms with Crippen molar-refractivity contribution in [2.75, 3.05) is 38.7 Å². The molecule has 1 aliphatic heterocycles. The summed E-state index contributed by atoms with van der Waals surface area (Å²) < 4.78 is 7.63. The largest absolute Gasteiger partial charge is 0.381 e. The third-order valence-electron chi connectivity index (χ3n) is 4.69. The van der Waals surface area contributed by atoms with Crippen molar-refractivity contribution in [2.45, 2.75) is 13.3 Å². The lowest BCUT2D eigenvalue weighted by molar-refractivity contribution is -0.111. The molecule has 0 amide bonds. The highest BCUT2D eigenvalue weighted by Gasteiger charge is 2.13. The predicted octanol–water partition coefficient (Wildman–Crippen LogP) is 3.32. The van der Waals surface area contributed by atoms with Gasteiger partial charge in [0.05, 0.1) is 23.0 Å². The fourth-order valence-corrected chi connectivity index (χ4v) is 3.38.